The number of methoxy groups -OCH3 is 1. The van der Waals surface area contributed by atoms with Crippen LogP contribution in [0.25, 0.3) is 10.9 Å². The van der Waals surface area contributed by atoms with Crippen LogP contribution in [0.15, 0.2) is 22.8 Å². The summed E-state index contributed by atoms with van der Waals surface area (Å²) in [7, 11) is 1.01. The highest BCUT2D eigenvalue weighted by atomic mass is 79.9. The molecule has 1 aromatic heterocycles. The number of carbonyl (C=O) groups is 7. The molecule has 1 amide bonds. The number of rotatable bonds is 11. The van der Waals surface area contributed by atoms with Crippen LogP contribution in [-0.2, 0) is 57.2 Å². The third-order valence-corrected chi connectivity index (χ3v) is 8.22. The smallest absolute Gasteiger partial charge is 0.379 e. The van der Waals surface area contributed by atoms with E-state index in [4.69, 9.17) is 44.8 Å². The highest BCUT2D eigenvalue weighted by Crippen LogP contribution is 2.43. The molecule has 6 atom stereocenters. The lowest BCUT2D eigenvalue weighted by molar-refractivity contribution is -0.289. The summed E-state index contributed by atoms with van der Waals surface area (Å²) in [5, 5.41) is 2.84. The summed E-state index contributed by atoms with van der Waals surface area (Å²) in [5.41, 5.74) is 0.292. The normalized spacial score (nSPS) is 21.6. The highest BCUT2D eigenvalue weighted by Gasteiger charge is 2.60. The van der Waals surface area contributed by atoms with Crippen LogP contribution in [-0.4, -0.2) is 96.2 Å². The van der Waals surface area contributed by atoms with Crippen LogP contribution in [0.1, 0.15) is 52.8 Å². The number of aromatic nitrogens is 1. The van der Waals surface area contributed by atoms with Crippen LogP contribution in [0.4, 0.5) is 0 Å². The summed E-state index contributed by atoms with van der Waals surface area (Å²) in [4.78, 5) is 87.6. The van der Waals surface area contributed by atoms with Gasteiger partial charge in [0.2, 0.25) is 11.8 Å². The first-order valence-corrected chi connectivity index (χ1v) is 15.4. The van der Waals surface area contributed by atoms with Gasteiger partial charge in [0, 0.05) is 46.0 Å². The molecule has 0 aliphatic carbocycles. The van der Waals surface area contributed by atoms with Gasteiger partial charge in [0.25, 0.3) is 0 Å². The van der Waals surface area contributed by atoms with Crippen molar-refractivity contribution in [3.8, 4) is 5.75 Å². The maximum Gasteiger partial charge on any atom is 0.379 e. The standard InChI is InChI=1S/C30H34BrClN2O14/c1-13(35)33-26-21(44-16(4)38)10-30(29(41)42-7,47-22-11-34(14(2)36)20-9-8-19(31)25(32)24(20)22)48-28(26)27(46-18(6)40)23(45-17(5)39)12-43-15(3)37/h8-9,11,21,23,26-28H,10,12H2,1-7H3,(H,33,35). The Labute approximate surface area is 287 Å². The first-order valence-electron chi connectivity index (χ1n) is 14.3. The minimum Gasteiger partial charge on any atom is -0.464 e. The number of nitrogens with one attached hydrogen (secondary N) is 1. The van der Waals surface area contributed by atoms with Crippen LogP contribution in [0.5, 0.6) is 5.75 Å². The van der Waals surface area contributed by atoms with E-state index in [0.717, 1.165) is 41.7 Å². The van der Waals surface area contributed by atoms with Gasteiger partial charge in [-0.05, 0) is 28.1 Å². The van der Waals surface area contributed by atoms with E-state index in [1.807, 2.05) is 0 Å². The molecule has 2 heterocycles. The summed E-state index contributed by atoms with van der Waals surface area (Å²) in [6.45, 7) is 5.95. The first-order chi connectivity index (χ1) is 22.4. The van der Waals surface area contributed by atoms with Gasteiger partial charge in [-0.15, -0.1) is 0 Å². The fourth-order valence-electron chi connectivity index (χ4n) is 5.25. The van der Waals surface area contributed by atoms with Crippen molar-refractivity contribution in [2.75, 3.05) is 13.7 Å². The molecule has 0 radical (unpaired) electrons. The average Bonchev–Trinajstić information content (AvgIpc) is 3.34. The predicted octanol–water partition coefficient (Wildman–Crippen LogP) is 2.62. The van der Waals surface area contributed by atoms with Gasteiger partial charge >= 0.3 is 35.6 Å². The largest absolute Gasteiger partial charge is 0.464 e. The zero-order valence-electron chi connectivity index (χ0n) is 27.0. The third kappa shape index (κ3) is 8.82. The Morgan fingerprint density at radius 1 is 1.00 bits per heavy atom. The average molecular weight is 762 g/mol. The number of fused-ring (bicyclic) bond motifs is 1. The fraction of sp³-hybridized carbons (Fsp3) is 0.500. The van der Waals surface area contributed by atoms with E-state index >= 15 is 0 Å². The second-order valence-corrected chi connectivity index (χ2v) is 11.9. The van der Waals surface area contributed by atoms with Crippen LogP contribution < -0.4 is 10.1 Å². The molecule has 0 spiro atoms. The number of nitrogens with zero attached hydrogens (tertiary/aromatic N) is 1. The number of hydrogen-bond donors (Lipinski definition) is 1. The van der Waals surface area contributed by atoms with E-state index in [1.54, 1.807) is 12.1 Å². The lowest BCUT2D eigenvalue weighted by atomic mass is 9.88. The minimum atomic E-state index is -2.57. The number of halogens is 2. The van der Waals surface area contributed by atoms with Crippen LogP contribution >= 0.6 is 27.5 Å². The molecule has 18 heteroatoms. The first kappa shape index (κ1) is 38.2. The Hall–Kier alpha value is -4.22. The van der Waals surface area contributed by atoms with Crippen molar-refractivity contribution >= 4 is 80.1 Å². The molecule has 262 valence electrons. The zero-order chi connectivity index (χ0) is 36.1. The SMILES string of the molecule is COC(=O)C1(Oc2cn(C(C)=O)c3ccc(Br)c(Cl)c23)CC(OC(C)=O)C(NC(C)=O)C(C(OC(C)=O)C(COC(C)=O)OC(C)=O)O1. The number of carbonyl (C=O) groups excluding carboxylic acids is 7. The number of hydrogen-bond acceptors (Lipinski definition) is 14. The van der Waals surface area contributed by atoms with Gasteiger partial charge in [0.05, 0.1) is 41.7 Å². The van der Waals surface area contributed by atoms with Crippen molar-refractivity contribution in [3.63, 3.8) is 0 Å². The van der Waals surface area contributed by atoms with Crippen molar-refractivity contribution in [2.45, 2.75) is 84.2 Å². The minimum absolute atomic E-state index is 0.0941. The molecule has 3 rings (SSSR count). The molecule has 48 heavy (non-hydrogen) atoms. The highest BCUT2D eigenvalue weighted by molar-refractivity contribution is 9.10. The van der Waals surface area contributed by atoms with Crippen molar-refractivity contribution in [1.29, 1.82) is 0 Å². The summed E-state index contributed by atoms with van der Waals surface area (Å²) >= 11 is 9.95. The molecular formula is C30H34BrClN2O14. The lowest BCUT2D eigenvalue weighted by Gasteiger charge is -2.48. The van der Waals surface area contributed by atoms with E-state index in [0.29, 0.717) is 9.99 Å². The van der Waals surface area contributed by atoms with Gasteiger partial charge in [-0.25, -0.2) is 4.79 Å². The molecule has 1 saturated heterocycles. The second-order valence-electron chi connectivity index (χ2n) is 10.7. The topological polar surface area (TPSA) is 201 Å². The predicted molar refractivity (Wildman–Crippen MR) is 167 cm³/mol. The van der Waals surface area contributed by atoms with Crippen molar-refractivity contribution in [2.24, 2.45) is 0 Å². The second kappa shape index (κ2) is 15.8. The maximum absolute atomic E-state index is 13.8. The van der Waals surface area contributed by atoms with Gasteiger partial charge < -0.3 is 38.5 Å². The maximum atomic E-state index is 13.8. The van der Waals surface area contributed by atoms with E-state index < -0.39 is 90.9 Å². The Kier molecular flexibility index (Phi) is 12.6. The van der Waals surface area contributed by atoms with Gasteiger partial charge in [-0.1, -0.05) is 11.6 Å². The molecular weight excluding hydrogens is 728 g/mol. The van der Waals surface area contributed by atoms with E-state index in [2.05, 4.69) is 21.2 Å². The molecule has 1 aliphatic heterocycles. The van der Waals surface area contributed by atoms with E-state index in [9.17, 15) is 33.6 Å². The van der Waals surface area contributed by atoms with E-state index in [1.165, 1.54) is 17.7 Å². The van der Waals surface area contributed by atoms with Gasteiger partial charge in [-0.3, -0.25) is 33.3 Å². The van der Waals surface area contributed by atoms with Gasteiger partial charge in [-0.2, -0.15) is 0 Å². The fourth-order valence-corrected chi connectivity index (χ4v) is 5.83. The number of amides is 1. The molecule has 1 N–H and O–H groups in total. The van der Waals surface area contributed by atoms with Crippen LogP contribution in [0, 0.1) is 0 Å². The molecule has 2 aromatic rings. The quantitative estimate of drug-likeness (QED) is 0.259. The van der Waals surface area contributed by atoms with Gasteiger partial charge in [0.1, 0.15) is 18.8 Å². The number of ether oxygens (including phenoxy) is 7. The molecule has 1 aromatic carbocycles. The number of benzene rings is 1. The Bertz CT molecular complexity index is 1630. The molecule has 1 fully saturated rings. The van der Waals surface area contributed by atoms with Crippen molar-refractivity contribution < 1.29 is 66.7 Å². The molecule has 16 nitrogen and oxygen atoms in total. The van der Waals surface area contributed by atoms with Gasteiger partial charge in [0.15, 0.2) is 18.0 Å². The third-order valence-electron chi connectivity index (χ3n) is 6.93. The number of esters is 5. The van der Waals surface area contributed by atoms with Crippen LogP contribution in [0.3, 0.4) is 0 Å². The Morgan fingerprint density at radius 3 is 2.17 bits per heavy atom. The monoisotopic (exact) mass is 760 g/mol. The van der Waals surface area contributed by atoms with Crippen molar-refractivity contribution in [3.05, 3.63) is 27.8 Å². The van der Waals surface area contributed by atoms with E-state index in [-0.39, 0.29) is 16.2 Å². The molecule has 0 saturated carbocycles. The molecule has 6 unspecified atom stereocenters. The molecule has 1 aliphatic rings. The van der Waals surface area contributed by atoms with Crippen molar-refractivity contribution in [1.82, 2.24) is 9.88 Å². The summed E-state index contributed by atoms with van der Waals surface area (Å²) < 4.78 is 40.8. The lowest BCUT2D eigenvalue weighted by Crippen LogP contribution is -2.70. The molecule has 0 bridgehead atoms. The summed E-state index contributed by atoms with van der Waals surface area (Å²) in [6, 6.07) is 1.76. The summed E-state index contributed by atoms with van der Waals surface area (Å²) in [6.07, 6.45) is -5.91. The van der Waals surface area contributed by atoms with Crippen LogP contribution in [0.2, 0.25) is 5.02 Å². The Balaban J connectivity index is 2.35. The zero-order valence-corrected chi connectivity index (χ0v) is 29.3. The Morgan fingerprint density at radius 2 is 1.65 bits per heavy atom. The summed E-state index contributed by atoms with van der Waals surface area (Å²) in [5.74, 6) is -8.49.